The largest absolute Gasteiger partial charge is 0.346 e. The monoisotopic (exact) mass is 239 g/mol. The fourth-order valence-electron chi connectivity index (χ4n) is 2.13. The first-order chi connectivity index (χ1) is 8.16. The van der Waals surface area contributed by atoms with E-state index in [2.05, 4.69) is 5.32 Å². The van der Waals surface area contributed by atoms with Gasteiger partial charge in [0.1, 0.15) is 12.0 Å². The lowest BCUT2D eigenvalue weighted by molar-refractivity contribution is 0.0883. The van der Waals surface area contributed by atoms with Crippen molar-refractivity contribution < 1.29 is 13.6 Å². The molecule has 0 radical (unpaired) electrons. The Hall–Kier alpha value is -1.45. The van der Waals surface area contributed by atoms with Crippen molar-refractivity contribution in [2.45, 2.75) is 37.9 Å². The topological polar surface area (TPSA) is 29.1 Å². The Morgan fingerprint density at radius 1 is 1.29 bits per heavy atom. The number of halogens is 2. The molecule has 4 heteroatoms. The molecule has 0 saturated heterocycles. The summed E-state index contributed by atoms with van der Waals surface area (Å²) in [7, 11) is 0. The predicted octanol–water partition coefficient (Wildman–Crippen LogP) is 2.84. The van der Waals surface area contributed by atoms with Crippen LogP contribution in [0.3, 0.4) is 0 Å². The Kier molecular flexibility index (Phi) is 3.71. The molecule has 1 amide bonds. The van der Waals surface area contributed by atoms with Crippen LogP contribution in [-0.2, 0) is 0 Å². The molecule has 2 nitrogen and oxygen atoms in total. The molecule has 92 valence electrons. The summed E-state index contributed by atoms with van der Waals surface area (Å²) in [4.78, 5) is 11.8. The van der Waals surface area contributed by atoms with Crippen LogP contribution >= 0.6 is 0 Å². The lowest BCUT2D eigenvalue weighted by Gasteiger charge is -2.26. The van der Waals surface area contributed by atoms with E-state index in [1.807, 2.05) is 0 Å². The van der Waals surface area contributed by atoms with Gasteiger partial charge in [0.05, 0.1) is 6.04 Å². The van der Waals surface area contributed by atoms with Crippen molar-refractivity contribution in [3.63, 3.8) is 0 Å². The molecule has 1 aliphatic rings. The highest BCUT2D eigenvalue weighted by molar-refractivity contribution is 5.94. The summed E-state index contributed by atoms with van der Waals surface area (Å²) in [6.07, 6.45) is 1.96. The van der Waals surface area contributed by atoms with E-state index >= 15 is 0 Å². The van der Waals surface area contributed by atoms with E-state index in [1.165, 1.54) is 18.2 Å². The third kappa shape index (κ3) is 3.02. The van der Waals surface area contributed by atoms with E-state index in [1.54, 1.807) is 0 Å². The summed E-state index contributed by atoms with van der Waals surface area (Å²) in [6.45, 7) is 0. The normalized spacial score (nSPS) is 24.4. The summed E-state index contributed by atoms with van der Waals surface area (Å²) >= 11 is 0. The highest BCUT2D eigenvalue weighted by Crippen LogP contribution is 2.21. The third-order valence-electron chi connectivity index (χ3n) is 3.08. The minimum atomic E-state index is -0.985. The standard InChI is InChI=1S/C13H15F2NO/c14-10-5-3-4-9(8-10)13(17)16-12-7-2-1-6-11(12)15/h3-5,8,11-12H,1-2,6-7H2,(H,16,17)/t11-,12-/m1/s1. The van der Waals surface area contributed by atoms with Crippen LogP contribution in [0.4, 0.5) is 8.78 Å². The maximum Gasteiger partial charge on any atom is 0.251 e. The van der Waals surface area contributed by atoms with Gasteiger partial charge in [-0.15, -0.1) is 0 Å². The molecule has 0 bridgehead atoms. The second-order valence-corrected chi connectivity index (χ2v) is 4.39. The average molecular weight is 239 g/mol. The first-order valence-electron chi connectivity index (χ1n) is 5.87. The van der Waals surface area contributed by atoms with Gasteiger partial charge in [-0.1, -0.05) is 18.9 Å². The number of rotatable bonds is 2. The molecule has 0 heterocycles. The van der Waals surface area contributed by atoms with Crippen LogP contribution in [0.15, 0.2) is 24.3 Å². The molecule has 1 aromatic carbocycles. The highest BCUT2D eigenvalue weighted by atomic mass is 19.1. The molecule has 0 aliphatic heterocycles. The minimum absolute atomic E-state index is 0.239. The Labute approximate surface area is 99.0 Å². The first-order valence-corrected chi connectivity index (χ1v) is 5.87. The van der Waals surface area contributed by atoms with E-state index in [9.17, 15) is 13.6 Å². The number of carbonyl (C=O) groups excluding carboxylic acids is 1. The van der Waals surface area contributed by atoms with Crippen LogP contribution < -0.4 is 5.32 Å². The summed E-state index contributed by atoms with van der Waals surface area (Å²) in [5.41, 5.74) is 0.239. The van der Waals surface area contributed by atoms with Crippen molar-refractivity contribution in [2.75, 3.05) is 0 Å². The SMILES string of the molecule is O=C(N[C@@H]1CCCC[C@H]1F)c1cccc(F)c1. The number of alkyl halides is 1. The second-order valence-electron chi connectivity index (χ2n) is 4.39. The van der Waals surface area contributed by atoms with Gasteiger partial charge < -0.3 is 5.32 Å². The molecule has 0 spiro atoms. The van der Waals surface area contributed by atoms with Gasteiger partial charge in [0.25, 0.3) is 5.91 Å². The summed E-state index contributed by atoms with van der Waals surface area (Å²) < 4.78 is 26.4. The van der Waals surface area contributed by atoms with Gasteiger partial charge in [0.15, 0.2) is 0 Å². The van der Waals surface area contributed by atoms with E-state index in [-0.39, 0.29) is 5.56 Å². The number of hydrogen-bond acceptors (Lipinski definition) is 1. The quantitative estimate of drug-likeness (QED) is 0.844. The van der Waals surface area contributed by atoms with E-state index in [0.717, 1.165) is 18.9 Å². The Bertz CT molecular complexity index is 408. The Balaban J connectivity index is 2.01. The van der Waals surface area contributed by atoms with Crippen molar-refractivity contribution in [1.82, 2.24) is 5.32 Å². The maximum atomic E-state index is 13.5. The van der Waals surface area contributed by atoms with Gasteiger partial charge in [-0.2, -0.15) is 0 Å². The molecule has 1 aromatic rings. The van der Waals surface area contributed by atoms with Gasteiger partial charge in [0.2, 0.25) is 0 Å². The van der Waals surface area contributed by atoms with Crippen molar-refractivity contribution in [2.24, 2.45) is 0 Å². The molecular formula is C13H15F2NO. The van der Waals surface area contributed by atoms with Crippen LogP contribution in [0.1, 0.15) is 36.0 Å². The molecular weight excluding hydrogens is 224 g/mol. The zero-order chi connectivity index (χ0) is 12.3. The van der Waals surface area contributed by atoms with Gasteiger partial charge >= 0.3 is 0 Å². The molecule has 1 aliphatic carbocycles. The Morgan fingerprint density at radius 2 is 2.06 bits per heavy atom. The minimum Gasteiger partial charge on any atom is -0.346 e. The van der Waals surface area contributed by atoms with Gasteiger partial charge in [-0.3, -0.25) is 4.79 Å². The number of benzene rings is 1. The zero-order valence-electron chi connectivity index (χ0n) is 9.46. The molecule has 1 saturated carbocycles. The van der Waals surface area contributed by atoms with E-state index in [4.69, 9.17) is 0 Å². The van der Waals surface area contributed by atoms with Crippen LogP contribution in [-0.4, -0.2) is 18.1 Å². The van der Waals surface area contributed by atoms with Crippen molar-refractivity contribution in [3.8, 4) is 0 Å². The second kappa shape index (κ2) is 5.25. The average Bonchev–Trinajstić information content (AvgIpc) is 2.32. The van der Waals surface area contributed by atoms with Crippen molar-refractivity contribution >= 4 is 5.91 Å². The Morgan fingerprint density at radius 3 is 2.76 bits per heavy atom. The number of hydrogen-bond donors (Lipinski definition) is 1. The lowest BCUT2D eigenvalue weighted by atomic mass is 9.93. The molecule has 0 aromatic heterocycles. The lowest BCUT2D eigenvalue weighted by Crippen LogP contribution is -2.43. The summed E-state index contributed by atoms with van der Waals surface area (Å²) in [5.74, 6) is -0.864. The molecule has 0 unspecified atom stereocenters. The van der Waals surface area contributed by atoms with Crippen LogP contribution in [0, 0.1) is 5.82 Å². The summed E-state index contributed by atoms with van der Waals surface area (Å²) in [6, 6.07) is 4.99. The van der Waals surface area contributed by atoms with Crippen LogP contribution in [0.5, 0.6) is 0 Å². The van der Waals surface area contributed by atoms with E-state index in [0.29, 0.717) is 12.8 Å². The maximum absolute atomic E-state index is 13.5. The summed E-state index contributed by atoms with van der Waals surface area (Å²) in [5, 5.41) is 2.63. The third-order valence-corrected chi connectivity index (χ3v) is 3.08. The van der Waals surface area contributed by atoms with Crippen LogP contribution in [0.2, 0.25) is 0 Å². The zero-order valence-corrected chi connectivity index (χ0v) is 9.46. The molecule has 2 atom stereocenters. The number of amides is 1. The number of nitrogens with one attached hydrogen (secondary N) is 1. The van der Waals surface area contributed by atoms with Gasteiger partial charge in [-0.05, 0) is 31.0 Å². The predicted molar refractivity (Wildman–Crippen MR) is 61.0 cm³/mol. The molecule has 1 N–H and O–H groups in total. The molecule has 1 fully saturated rings. The smallest absolute Gasteiger partial charge is 0.251 e. The fourth-order valence-corrected chi connectivity index (χ4v) is 2.13. The van der Waals surface area contributed by atoms with Crippen LogP contribution in [0.25, 0.3) is 0 Å². The first kappa shape index (κ1) is 12.0. The molecule has 17 heavy (non-hydrogen) atoms. The van der Waals surface area contributed by atoms with Gasteiger partial charge in [-0.25, -0.2) is 8.78 Å². The number of carbonyl (C=O) groups is 1. The highest BCUT2D eigenvalue weighted by Gasteiger charge is 2.26. The van der Waals surface area contributed by atoms with Crippen molar-refractivity contribution in [1.29, 1.82) is 0 Å². The van der Waals surface area contributed by atoms with E-state index < -0.39 is 23.9 Å². The molecule has 2 rings (SSSR count). The fraction of sp³-hybridized carbons (Fsp3) is 0.462. The van der Waals surface area contributed by atoms with Crippen molar-refractivity contribution in [3.05, 3.63) is 35.6 Å². The van der Waals surface area contributed by atoms with Gasteiger partial charge in [0, 0.05) is 5.56 Å².